The summed E-state index contributed by atoms with van der Waals surface area (Å²) in [6.45, 7) is 3.02. The average molecular weight is 486 g/mol. The minimum Gasteiger partial charge on any atom is -0.507 e. The molecule has 0 bridgehead atoms. The molecule has 0 radical (unpaired) electrons. The quantitative estimate of drug-likeness (QED) is 0.168. The topological polar surface area (TPSA) is 76.1 Å². The maximum Gasteiger partial charge on any atom is 0.295 e. The second-order valence-electron chi connectivity index (χ2n) is 8.77. The monoisotopic (exact) mass is 485 g/mol. The number of rotatable bonds is 10. The number of carbonyl (C=O) groups excluding carboxylic acids is 2. The molecule has 6 nitrogen and oxygen atoms in total. The van der Waals surface area contributed by atoms with Gasteiger partial charge in [-0.05, 0) is 41.8 Å². The zero-order valence-electron chi connectivity index (χ0n) is 20.6. The summed E-state index contributed by atoms with van der Waals surface area (Å²) >= 11 is 0. The highest BCUT2D eigenvalue weighted by Gasteiger charge is 2.46. The third kappa shape index (κ3) is 5.43. The van der Waals surface area contributed by atoms with Gasteiger partial charge in [0.1, 0.15) is 17.3 Å². The Morgan fingerprint density at radius 3 is 2.36 bits per heavy atom. The van der Waals surface area contributed by atoms with E-state index in [1.54, 1.807) is 24.3 Å². The molecule has 0 aromatic heterocycles. The molecule has 1 fully saturated rings. The van der Waals surface area contributed by atoms with E-state index in [0.29, 0.717) is 17.9 Å². The van der Waals surface area contributed by atoms with Crippen molar-refractivity contribution in [1.82, 2.24) is 4.90 Å². The molecular formula is C30H31NO5. The molecule has 1 heterocycles. The summed E-state index contributed by atoms with van der Waals surface area (Å²) in [4.78, 5) is 28.0. The van der Waals surface area contributed by atoms with Gasteiger partial charge in [-0.3, -0.25) is 9.59 Å². The van der Waals surface area contributed by atoms with Gasteiger partial charge in [0.15, 0.2) is 0 Å². The summed E-state index contributed by atoms with van der Waals surface area (Å²) in [5, 5.41) is 11.3. The van der Waals surface area contributed by atoms with Gasteiger partial charge in [-0.25, -0.2) is 0 Å². The number of aliphatic hydroxyl groups excluding tert-OH is 1. The Kier molecular flexibility index (Phi) is 8.06. The molecule has 3 aromatic carbocycles. The van der Waals surface area contributed by atoms with Crippen molar-refractivity contribution < 1.29 is 24.2 Å². The number of carbonyl (C=O) groups is 2. The number of unbranched alkanes of at least 4 members (excludes halogenated alkanes) is 2. The molecule has 186 valence electrons. The van der Waals surface area contributed by atoms with Crippen molar-refractivity contribution in [1.29, 1.82) is 0 Å². The second-order valence-corrected chi connectivity index (χ2v) is 8.77. The van der Waals surface area contributed by atoms with Crippen molar-refractivity contribution in [2.45, 2.75) is 38.8 Å². The van der Waals surface area contributed by atoms with Crippen molar-refractivity contribution in [3.05, 3.63) is 101 Å². The number of amides is 1. The van der Waals surface area contributed by atoms with Crippen LogP contribution >= 0.6 is 0 Å². The Bertz CT molecular complexity index is 1230. The van der Waals surface area contributed by atoms with Crippen LogP contribution in [-0.2, 0) is 16.1 Å². The first-order valence-corrected chi connectivity index (χ1v) is 12.2. The van der Waals surface area contributed by atoms with Gasteiger partial charge in [0.2, 0.25) is 0 Å². The van der Waals surface area contributed by atoms with E-state index < -0.39 is 17.7 Å². The minimum atomic E-state index is -0.745. The molecular weight excluding hydrogens is 454 g/mol. The standard InChI is InChI=1S/C30H31NO5/c1-3-4-8-18-36-24-16-14-22(15-17-24)27-26(28(32)23-12-9-13-25(19-23)35-2)29(33)30(34)31(27)20-21-10-6-5-7-11-21/h5-7,9-17,19,27,32H,3-4,8,18,20H2,1-2H3. The Hall–Kier alpha value is -4.06. The van der Waals surface area contributed by atoms with E-state index in [9.17, 15) is 14.7 Å². The van der Waals surface area contributed by atoms with E-state index in [1.165, 1.54) is 12.0 Å². The lowest BCUT2D eigenvalue weighted by molar-refractivity contribution is -0.140. The van der Waals surface area contributed by atoms with Gasteiger partial charge in [-0.2, -0.15) is 0 Å². The molecule has 1 atom stereocenters. The number of methoxy groups -OCH3 is 1. The van der Waals surface area contributed by atoms with Gasteiger partial charge in [-0.15, -0.1) is 0 Å². The molecule has 0 aliphatic carbocycles. The van der Waals surface area contributed by atoms with Crippen LogP contribution in [0.5, 0.6) is 11.5 Å². The fraction of sp³-hybridized carbons (Fsp3) is 0.267. The summed E-state index contributed by atoms with van der Waals surface area (Å²) in [5.74, 6) is -0.321. The highest BCUT2D eigenvalue weighted by atomic mass is 16.5. The van der Waals surface area contributed by atoms with E-state index in [-0.39, 0.29) is 17.9 Å². The summed E-state index contributed by atoms with van der Waals surface area (Å²) in [6.07, 6.45) is 3.21. The molecule has 1 N–H and O–H groups in total. The predicted molar refractivity (Wildman–Crippen MR) is 139 cm³/mol. The number of hydrogen-bond donors (Lipinski definition) is 1. The van der Waals surface area contributed by atoms with Crippen molar-refractivity contribution in [2.24, 2.45) is 0 Å². The smallest absolute Gasteiger partial charge is 0.295 e. The summed E-state index contributed by atoms with van der Waals surface area (Å²) in [6, 6.07) is 22.9. The number of hydrogen-bond acceptors (Lipinski definition) is 5. The van der Waals surface area contributed by atoms with Gasteiger partial charge in [-0.1, -0.05) is 74.4 Å². The summed E-state index contributed by atoms with van der Waals surface area (Å²) in [7, 11) is 1.53. The van der Waals surface area contributed by atoms with Crippen LogP contribution in [0.4, 0.5) is 0 Å². The Morgan fingerprint density at radius 2 is 1.67 bits per heavy atom. The lowest BCUT2D eigenvalue weighted by Crippen LogP contribution is -2.29. The van der Waals surface area contributed by atoms with E-state index in [0.717, 1.165) is 36.1 Å². The third-order valence-electron chi connectivity index (χ3n) is 6.29. The van der Waals surface area contributed by atoms with Crippen LogP contribution in [0.1, 0.15) is 48.9 Å². The van der Waals surface area contributed by atoms with Gasteiger partial charge in [0, 0.05) is 12.1 Å². The van der Waals surface area contributed by atoms with Crippen LogP contribution in [-0.4, -0.2) is 35.4 Å². The van der Waals surface area contributed by atoms with Gasteiger partial charge in [0.25, 0.3) is 11.7 Å². The van der Waals surface area contributed by atoms with E-state index >= 15 is 0 Å². The molecule has 1 saturated heterocycles. The number of nitrogens with zero attached hydrogens (tertiary/aromatic N) is 1. The predicted octanol–water partition coefficient (Wildman–Crippen LogP) is 5.89. The molecule has 1 aliphatic heterocycles. The van der Waals surface area contributed by atoms with Gasteiger partial charge < -0.3 is 19.5 Å². The number of likely N-dealkylation sites (tertiary alicyclic amines) is 1. The Morgan fingerprint density at radius 1 is 0.917 bits per heavy atom. The van der Waals surface area contributed by atoms with Crippen LogP contribution < -0.4 is 9.47 Å². The molecule has 4 rings (SSSR count). The highest BCUT2D eigenvalue weighted by molar-refractivity contribution is 6.46. The van der Waals surface area contributed by atoms with Gasteiger partial charge >= 0.3 is 0 Å². The van der Waals surface area contributed by atoms with Crippen molar-refractivity contribution in [3.8, 4) is 11.5 Å². The zero-order valence-corrected chi connectivity index (χ0v) is 20.6. The SMILES string of the molecule is CCCCCOc1ccc(C2C(=C(O)c3cccc(OC)c3)C(=O)C(=O)N2Cc2ccccc2)cc1. The first-order chi connectivity index (χ1) is 17.5. The van der Waals surface area contributed by atoms with Crippen LogP contribution in [0.2, 0.25) is 0 Å². The molecule has 1 unspecified atom stereocenters. The van der Waals surface area contributed by atoms with Gasteiger partial charge in [0.05, 0.1) is 25.3 Å². The van der Waals surface area contributed by atoms with Crippen LogP contribution in [0.15, 0.2) is 84.4 Å². The first kappa shape index (κ1) is 25.0. The maximum absolute atomic E-state index is 13.3. The van der Waals surface area contributed by atoms with Crippen LogP contribution in [0.25, 0.3) is 5.76 Å². The highest BCUT2D eigenvalue weighted by Crippen LogP contribution is 2.41. The van der Waals surface area contributed by atoms with Crippen molar-refractivity contribution in [3.63, 3.8) is 0 Å². The van der Waals surface area contributed by atoms with E-state index in [2.05, 4.69) is 6.92 Å². The molecule has 3 aromatic rings. The Balaban J connectivity index is 1.74. The number of ether oxygens (including phenoxy) is 2. The van der Waals surface area contributed by atoms with Crippen LogP contribution in [0.3, 0.4) is 0 Å². The minimum absolute atomic E-state index is 0.0563. The summed E-state index contributed by atoms with van der Waals surface area (Å²) < 4.78 is 11.1. The number of aliphatic hydroxyl groups is 1. The lowest BCUT2D eigenvalue weighted by Gasteiger charge is -2.25. The number of Topliss-reactive ketones (excluding diaryl/α,β-unsaturated/α-hetero) is 1. The zero-order chi connectivity index (χ0) is 25.5. The third-order valence-corrected chi connectivity index (χ3v) is 6.29. The molecule has 0 spiro atoms. The number of benzene rings is 3. The van der Waals surface area contributed by atoms with E-state index in [1.807, 2.05) is 54.6 Å². The second kappa shape index (κ2) is 11.6. The molecule has 6 heteroatoms. The largest absolute Gasteiger partial charge is 0.507 e. The van der Waals surface area contributed by atoms with Crippen LogP contribution in [0, 0.1) is 0 Å². The maximum atomic E-state index is 13.3. The first-order valence-electron chi connectivity index (χ1n) is 12.2. The lowest BCUT2D eigenvalue weighted by atomic mass is 9.95. The fourth-order valence-electron chi connectivity index (χ4n) is 4.38. The number of ketones is 1. The molecule has 1 amide bonds. The molecule has 1 aliphatic rings. The van der Waals surface area contributed by atoms with Crippen molar-refractivity contribution in [2.75, 3.05) is 13.7 Å². The normalized spacial score (nSPS) is 16.8. The van der Waals surface area contributed by atoms with E-state index in [4.69, 9.17) is 9.47 Å². The molecule has 36 heavy (non-hydrogen) atoms. The average Bonchev–Trinajstić information content (AvgIpc) is 3.16. The Labute approximate surface area is 211 Å². The fourth-order valence-corrected chi connectivity index (χ4v) is 4.38. The van der Waals surface area contributed by atoms with Crippen molar-refractivity contribution >= 4 is 17.4 Å². The summed E-state index contributed by atoms with van der Waals surface area (Å²) in [5.41, 5.74) is 2.07. The molecule has 0 saturated carbocycles.